The van der Waals surface area contributed by atoms with E-state index >= 15 is 0 Å². The lowest BCUT2D eigenvalue weighted by Crippen LogP contribution is -2.01. The van der Waals surface area contributed by atoms with Gasteiger partial charge >= 0.3 is 0 Å². The summed E-state index contributed by atoms with van der Waals surface area (Å²) in [6.45, 7) is 2.25. The van der Waals surface area contributed by atoms with Crippen molar-refractivity contribution in [2.24, 2.45) is 0 Å². The third-order valence-electron chi connectivity index (χ3n) is 3.27. The van der Waals surface area contributed by atoms with Crippen molar-refractivity contribution in [3.8, 4) is 0 Å². The minimum atomic E-state index is -0.441. The van der Waals surface area contributed by atoms with Crippen LogP contribution in [0.5, 0.6) is 0 Å². The molecule has 0 saturated carbocycles. The van der Waals surface area contributed by atoms with E-state index in [1.165, 1.54) is 63.9 Å². The Balaban J connectivity index is 3.11. The molecule has 106 valence electrons. The number of carbonyl (C=O) groups is 1. The Morgan fingerprint density at radius 3 is 1.89 bits per heavy atom. The zero-order valence-corrected chi connectivity index (χ0v) is 11.9. The van der Waals surface area contributed by atoms with Crippen molar-refractivity contribution >= 4 is 6.29 Å². The van der Waals surface area contributed by atoms with Crippen molar-refractivity contribution in [2.45, 2.75) is 83.7 Å². The Kier molecular flexibility index (Phi) is 13.9. The van der Waals surface area contributed by atoms with Gasteiger partial charge in [0.25, 0.3) is 0 Å². The largest absolute Gasteiger partial charge is 0.389 e. The highest BCUT2D eigenvalue weighted by atomic mass is 16.3. The smallest absolute Gasteiger partial charge is 0.142 e. The molecular formula is C16H30O2. The molecule has 0 spiro atoms. The molecule has 0 bridgehead atoms. The monoisotopic (exact) mass is 254 g/mol. The van der Waals surface area contributed by atoms with E-state index in [0.29, 0.717) is 6.29 Å². The van der Waals surface area contributed by atoms with E-state index < -0.39 is 6.10 Å². The van der Waals surface area contributed by atoms with E-state index in [4.69, 9.17) is 0 Å². The Morgan fingerprint density at radius 1 is 0.889 bits per heavy atom. The summed E-state index contributed by atoms with van der Waals surface area (Å²) in [5, 5.41) is 9.46. The van der Waals surface area contributed by atoms with Crippen LogP contribution in [-0.4, -0.2) is 17.5 Å². The van der Waals surface area contributed by atoms with Crippen LogP contribution in [0, 0.1) is 0 Å². The molecule has 2 nitrogen and oxygen atoms in total. The van der Waals surface area contributed by atoms with Gasteiger partial charge in [-0.3, -0.25) is 4.79 Å². The fourth-order valence-electron chi connectivity index (χ4n) is 2.11. The molecule has 0 aliphatic heterocycles. The normalized spacial score (nSPS) is 13.0. The van der Waals surface area contributed by atoms with Crippen molar-refractivity contribution in [3.63, 3.8) is 0 Å². The Hall–Kier alpha value is -0.630. The number of unbranched alkanes of at least 4 members (excludes halogenated alkanes) is 9. The molecule has 0 aliphatic carbocycles. The van der Waals surface area contributed by atoms with Crippen LogP contribution in [0.1, 0.15) is 77.6 Å². The quantitative estimate of drug-likeness (QED) is 0.300. The van der Waals surface area contributed by atoms with E-state index in [9.17, 15) is 9.90 Å². The third-order valence-corrected chi connectivity index (χ3v) is 3.27. The maximum Gasteiger partial charge on any atom is 0.142 e. The molecule has 0 amide bonds. The summed E-state index contributed by atoms with van der Waals surface area (Å²) in [7, 11) is 0. The van der Waals surface area contributed by atoms with E-state index in [0.717, 1.165) is 12.8 Å². The number of aliphatic hydroxyl groups is 1. The molecule has 0 aromatic carbocycles. The first-order valence-corrected chi connectivity index (χ1v) is 7.61. The molecule has 1 unspecified atom stereocenters. The summed E-state index contributed by atoms with van der Waals surface area (Å²) >= 11 is 0. The molecule has 1 N–H and O–H groups in total. The second-order valence-electron chi connectivity index (χ2n) is 5.06. The summed E-state index contributed by atoms with van der Waals surface area (Å²) < 4.78 is 0. The first kappa shape index (κ1) is 17.4. The zero-order chi connectivity index (χ0) is 13.5. The maximum atomic E-state index is 10.1. The van der Waals surface area contributed by atoms with Crippen molar-refractivity contribution in [3.05, 3.63) is 12.2 Å². The number of allylic oxidation sites excluding steroid dienone is 1. The summed E-state index contributed by atoms with van der Waals surface area (Å²) in [6.07, 6.45) is 17.1. The van der Waals surface area contributed by atoms with Gasteiger partial charge in [0.05, 0.1) is 6.10 Å². The average molecular weight is 254 g/mol. The molecule has 0 fully saturated rings. The Morgan fingerprint density at radius 2 is 1.39 bits per heavy atom. The molecule has 0 aliphatic rings. The lowest BCUT2D eigenvalue weighted by molar-refractivity contribution is -0.104. The van der Waals surface area contributed by atoms with Crippen LogP contribution in [-0.2, 0) is 4.79 Å². The SMILES string of the molecule is CCCCCCCCCCCCC(O)C=CC=O. The predicted octanol–water partition coefficient (Wildman–Crippen LogP) is 4.41. The zero-order valence-electron chi connectivity index (χ0n) is 11.9. The molecule has 18 heavy (non-hydrogen) atoms. The average Bonchev–Trinajstić information content (AvgIpc) is 2.38. The van der Waals surface area contributed by atoms with Gasteiger partial charge in [0.2, 0.25) is 0 Å². The van der Waals surface area contributed by atoms with Gasteiger partial charge in [-0.1, -0.05) is 77.2 Å². The van der Waals surface area contributed by atoms with Gasteiger partial charge in [0.1, 0.15) is 6.29 Å². The van der Waals surface area contributed by atoms with Crippen LogP contribution in [0.2, 0.25) is 0 Å². The summed E-state index contributed by atoms with van der Waals surface area (Å²) in [5.41, 5.74) is 0. The highest BCUT2D eigenvalue weighted by molar-refractivity contribution is 5.64. The van der Waals surface area contributed by atoms with E-state index in [2.05, 4.69) is 6.92 Å². The number of aliphatic hydroxyl groups excluding tert-OH is 1. The summed E-state index contributed by atoms with van der Waals surface area (Å²) in [4.78, 5) is 10.1. The molecule has 0 rings (SSSR count). The van der Waals surface area contributed by atoms with Crippen LogP contribution in [0.3, 0.4) is 0 Å². The highest BCUT2D eigenvalue weighted by Crippen LogP contribution is 2.12. The number of hydrogen-bond donors (Lipinski definition) is 1. The standard InChI is InChI=1S/C16H30O2/c1-2-3-4-5-6-7-8-9-10-11-13-16(18)14-12-15-17/h12,14-16,18H,2-11,13H2,1H3. The first-order valence-electron chi connectivity index (χ1n) is 7.61. The number of hydrogen-bond acceptors (Lipinski definition) is 2. The van der Waals surface area contributed by atoms with Crippen molar-refractivity contribution in [1.29, 1.82) is 0 Å². The topological polar surface area (TPSA) is 37.3 Å². The lowest BCUT2D eigenvalue weighted by atomic mass is 10.0. The molecule has 1 atom stereocenters. The fourth-order valence-corrected chi connectivity index (χ4v) is 2.11. The van der Waals surface area contributed by atoms with Crippen LogP contribution < -0.4 is 0 Å². The first-order chi connectivity index (χ1) is 8.81. The van der Waals surface area contributed by atoms with Crippen LogP contribution in [0.15, 0.2) is 12.2 Å². The number of aldehydes is 1. The van der Waals surface area contributed by atoms with Crippen molar-refractivity contribution in [1.82, 2.24) is 0 Å². The second kappa shape index (κ2) is 14.4. The Labute approximate surface area is 112 Å². The minimum absolute atomic E-state index is 0.441. The maximum absolute atomic E-state index is 10.1. The van der Waals surface area contributed by atoms with E-state index in [-0.39, 0.29) is 0 Å². The van der Waals surface area contributed by atoms with Gasteiger partial charge in [-0.05, 0) is 12.5 Å². The molecule has 0 aromatic heterocycles. The molecule has 2 heteroatoms. The molecule has 0 saturated heterocycles. The fraction of sp³-hybridized carbons (Fsp3) is 0.812. The van der Waals surface area contributed by atoms with Crippen molar-refractivity contribution < 1.29 is 9.90 Å². The van der Waals surface area contributed by atoms with Gasteiger partial charge in [-0.25, -0.2) is 0 Å². The van der Waals surface area contributed by atoms with Crippen LogP contribution in [0.4, 0.5) is 0 Å². The van der Waals surface area contributed by atoms with E-state index in [1.54, 1.807) is 6.08 Å². The van der Waals surface area contributed by atoms with Gasteiger partial charge in [0.15, 0.2) is 0 Å². The molecule has 0 radical (unpaired) electrons. The Bertz CT molecular complexity index is 199. The van der Waals surface area contributed by atoms with Gasteiger partial charge in [-0.15, -0.1) is 0 Å². The van der Waals surface area contributed by atoms with Crippen LogP contribution in [0.25, 0.3) is 0 Å². The number of carbonyl (C=O) groups excluding carboxylic acids is 1. The summed E-state index contributed by atoms with van der Waals surface area (Å²) in [6, 6.07) is 0. The van der Waals surface area contributed by atoms with Crippen molar-refractivity contribution in [2.75, 3.05) is 0 Å². The molecule has 0 heterocycles. The van der Waals surface area contributed by atoms with E-state index in [1.807, 2.05) is 0 Å². The predicted molar refractivity (Wildman–Crippen MR) is 77.7 cm³/mol. The third kappa shape index (κ3) is 13.4. The molecular weight excluding hydrogens is 224 g/mol. The van der Waals surface area contributed by atoms with Crippen LogP contribution >= 0.6 is 0 Å². The second-order valence-corrected chi connectivity index (χ2v) is 5.06. The molecule has 0 aromatic rings. The van der Waals surface area contributed by atoms with Gasteiger partial charge < -0.3 is 5.11 Å². The summed E-state index contributed by atoms with van der Waals surface area (Å²) in [5.74, 6) is 0. The lowest BCUT2D eigenvalue weighted by Gasteiger charge is -2.05. The number of rotatable bonds is 13. The minimum Gasteiger partial charge on any atom is -0.389 e. The highest BCUT2D eigenvalue weighted by Gasteiger charge is 1.98. The van der Waals surface area contributed by atoms with Gasteiger partial charge in [-0.2, -0.15) is 0 Å². The van der Waals surface area contributed by atoms with Gasteiger partial charge in [0, 0.05) is 0 Å².